The number of hydrogen-bond donors (Lipinski definition) is 3. The minimum Gasteiger partial charge on any atom is -0.383 e. The molecule has 0 radical (unpaired) electrons. The van der Waals surface area contributed by atoms with E-state index >= 15 is 4.39 Å². The number of pyridine rings is 1. The highest BCUT2D eigenvalue weighted by Crippen LogP contribution is 2.35. The lowest BCUT2D eigenvalue weighted by atomic mass is 9.98. The zero-order valence-electron chi connectivity index (χ0n) is 16.3. The van der Waals surface area contributed by atoms with Gasteiger partial charge >= 0.3 is 0 Å². The molecule has 0 saturated carbocycles. The number of aliphatic hydroxyl groups is 1. The first-order chi connectivity index (χ1) is 15.6. The molecular formula is C21H12F4N4O3S. The van der Waals surface area contributed by atoms with Crippen LogP contribution in [0.3, 0.4) is 0 Å². The average molecular weight is 476 g/mol. The summed E-state index contributed by atoms with van der Waals surface area (Å²) in [5.41, 5.74) is -1.56. The third-order valence-corrected chi connectivity index (χ3v) is 6.23. The number of benzene rings is 2. The number of nitrogens with one attached hydrogen (secondary N) is 2. The SMILES string of the molecule is N#Cc1ccnc2[nH]cc(C(O)c3c(F)ccc(NS(=O)(=O)c4cc(F)ccc4F)c3F)c12. The number of hydrogen-bond acceptors (Lipinski definition) is 5. The summed E-state index contributed by atoms with van der Waals surface area (Å²) in [5, 5.41) is 20.2. The van der Waals surface area contributed by atoms with Crippen LogP contribution in [-0.4, -0.2) is 23.5 Å². The number of halogens is 4. The maximum absolute atomic E-state index is 15.2. The van der Waals surface area contributed by atoms with Crippen molar-refractivity contribution in [2.75, 3.05) is 4.72 Å². The molecule has 0 aliphatic rings. The second kappa shape index (κ2) is 8.19. The van der Waals surface area contributed by atoms with Crippen LogP contribution in [0.5, 0.6) is 0 Å². The Hall–Kier alpha value is -3.95. The molecule has 168 valence electrons. The molecule has 7 nitrogen and oxygen atoms in total. The summed E-state index contributed by atoms with van der Waals surface area (Å²) in [6.07, 6.45) is 0.571. The number of anilines is 1. The normalized spacial score (nSPS) is 12.5. The van der Waals surface area contributed by atoms with Gasteiger partial charge in [-0.2, -0.15) is 5.26 Å². The first kappa shape index (κ1) is 22.3. The summed E-state index contributed by atoms with van der Waals surface area (Å²) in [6, 6.07) is 6.34. The number of aromatic amines is 1. The fourth-order valence-corrected chi connectivity index (χ4v) is 4.48. The molecule has 0 aliphatic heterocycles. The molecule has 4 aromatic rings. The zero-order chi connectivity index (χ0) is 23.9. The average Bonchev–Trinajstić information content (AvgIpc) is 3.21. The zero-order valence-corrected chi connectivity index (χ0v) is 17.1. The number of H-pyrrole nitrogens is 1. The van der Waals surface area contributed by atoms with Crippen LogP contribution < -0.4 is 4.72 Å². The van der Waals surface area contributed by atoms with Crippen molar-refractivity contribution in [2.45, 2.75) is 11.0 Å². The maximum atomic E-state index is 15.2. The van der Waals surface area contributed by atoms with Crippen LogP contribution in [0.15, 0.2) is 53.7 Å². The van der Waals surface area contributed by atoms with E-state index in [1.807, 2.05) is 6.07 Å². The van der Waals surface area contributed by atoms with Crippen LogP contribution in [0, 0.1) is 34.6 Å². The predicted octanol–water partition coefficient (Wildman–Crippen LogP) is 3.87. The van der Waals surface area contributed by atoms with Gasteiger partial charge in [0.2, 0.25) is 0 Å². The molecule has 33 heavy (non-hydrogen) atoms. The summed E-state index contributed by atoms with van der Waals surface area (Å²) < 4.78 is 83.8. The summed E-state index contributed by atoms with van der Waals surface area (Å²) in [6.45, 7) is 0. The van der Waals surface area contributed by atoms with Crippen LogP contribution >= 0.6 is 0 Å². The van der Waals surface area contributed by atoms with Crippen LogP contribution in [0.25, 0.3) is 11.0 Å². The van der Waals surface area contributed by atoms with E-state index in [2.05, 4.69) is 9.97 Å². The largest absolute Gasteiger partial charge is 0.383 e. The van der Waals surface area contributed by atoms with Gasteiger partial charge in [0.25, 0.3) is 10.0 Å². The Morgan fingerprint density at radius 2 is 1.82 bits per heavy atom. The summed E-state index contributed by atoms with van der Waals surface area (Å²) in [4.78, 5) is 5.58. The van der Waals surface area contributed by atoms with Crippen LogP contribution in [0.2, 0.25) is 0 Å². The first-order valence-corrected chi connectivity index (χ1v) is 10.6. The van der Waals surface area contributed by atoms with Gasteiger partial charge in [0.15, 0.2) is 5.82 Å². The molecule has 2 aromatic heterocycles. The Kier molecular flexibility index (Phi) is 5.52. The van der Waals surface area contributed by atoms with Crippen molar-refractivity contribution in [3.8, 4) is 6.07 Å². The highest BCUT2D eigenvalue weighted by molar-refractivity contribution is 7.92. The monoisotopic (exact) mass is 476 g/mol. The van der Waals surface area contributed by atoms with Crippen molar-refractivity contribution in [2.24, 2.45) is 0 Å². The van der Waals surface area contributed by atoms with Gasteiger partial charge in [-0.25, -0.2) is 31.0 Å². The smallest absolute Gasteiger partial charge is 0.265 e. The minimum atomic E-state index is -4.81. The molecule has 2 heterocycles. The molecule has 3 N–H and O–H groups in total. The molecule has 0 amide bonds. The number of sulfonamides is 1. The molecule has 4 rings (SSSR count). The lowest BCUT2D eigenvalue weighted by molar-refractivity contribution is 0.211. The third-order valence-electron chi connectivity index (χ3n) is 4.85. The van der Waals surface area contributed by atoms with Crippen molar-refractivity contribution >= 4 is 26.7 Å². The molecule has 2 aromatic carbocycles. The van der Waals surface area contributed by atoms with Crippen molar-refractivity contribution in [1.82, 2.24) is 9.97 Å². The molecule has 1 unspecified atom stereocenters. The third kappa shape index (κ3) is 3.88. The Morgan fingerprint density at radius 1 is 1.09 bits per heavy atom. The molecular weight excluding hydrogens is 464 g/mol. The molecule has 0 saturated heterocycles. The van der Waals surface area contributed by atoms with E-state index in [0.717, 1.165) is 6.07 Å². The van der Waals surface area contributed by atoms with Gasteiger partial charge in [-0.05, 0) is 36.4 Å². The van der Waals surface area contributed by atoms with Crippen LogP contribution in [0.4, 0.5) is 23.2 Å². The molecule has 12 heteroatoms. The fourth-order valence-electron chi connectivity index (χ4n) is 3.33. The van der Waals surface area contributed by atoms with Crippen molar-refractivity contribution < 1.29 is 31.1 Å². The first-order valence-electron chi connectivity index (χ1n) is 9.14. The summed E-state index contributed by atoms with van der Waals surface area (Å²) in [7, 11) is -4.81. The topological polar surface area (TPSA) is 119 Å². The van der Waals surface area contributed by atoms with Gasteiger partial charge in [-0.15, -0.1) is 0 Å². The van der Waals surface area contributed by atoms with E-state index < -0.39 is 55.5 Å². The summed E-state index contributed by atoms with van der Waals surface area (Å²) >= 11 is 0. The Balaban J connectivity index is 1.80. The van der Waals surface area contributed by atoms with Crippen LogP contribution in [-0.2, 0) is 10.0 Å². The number of fused-ring (bicyclic) bond motifs is 1. The highest BCUT2D eigenvalue weighted by atomic mass is 32.2. The second-order valence-electron chi connectivity index (χ2n) is 6.84. The molecule has 0 bridgehead atoms. The van der Waals surface area contributed by atoms with E-state index in [4.69, 9.17) is 0 Å². The Morgan fingerprint density at radius 3 is 2.55 bits per heavy atom. The molecule has 0 aliphatic carbocycles. The van der Waals surface area contributed by atoms with Crippen molar-refractivity contribution in [1.29, 1.82) is 5.26 Å². The van der Waals surface area contributed by atoms with Gasteiger partial charge in [0, 0.05) is 23.3 Å². The van der Waals surface area contributed by atoms with E-state index in [0.29, 0.717) is 24.3 Å². The second-order valence-corrected chi connectivity index (χ2v) is 8.49. The Labute approximate surface area is 184 Å². The fraction of sp³-hybridized carbons (Fsp3) is 0.0476. The number of aromatic nitrogens is 2. The minimum absolute atomic E-state index is 0.0783. The van der Waals surface area contributed by atoms with Gasteiger partial charge in [-0.3, -0.25) is 4.72 Å². The van der Waals surface area contributed by atoms with Gasteiger partial charge in [0.05, 0.1) is 22.9 Å². The molecule has 0 fully saturated rings. The van der Waals surface area contributed by atoms with E-state index in [9.17, 15) is 32.0 Å². The standard InChI is InChI=1S/C21H12F4N4O3S/c22-11-1-2-13(23)16(7-11)33(31,32)29-15-4-3-14(24)18(19(15)25)20(30)12-9-28-21-17(12)10(8-26)5-6-27-21/h1-7,9,20,29-30H,(H,27,28). The van der Waals surface area contributed by atoms with E-state index in [-0.39, 0.29) is 22.2 Å². The lowest BCUT2D eigenvalue weighted by Crippen LogP contribution is -2.17. The number of aliphatic hydroxyl groups excluding tert-OH is 1. The summed E-state index contributed by atoms with van der Waals surface area (Å²) in [5.74, 6) is -5.04. The van der Waals surface area contributed by atoms with Crippen molar-refractivity contribution in [3.63, 3.8) is 0 Å². The van der Waals surface area contributed by atoms with Crippen molar-refractivity contribution in [3.05, 3.63) is 88.8 Å². The number of nitrogens with zero attached hydrogens (tertiary/aromatic N) is 2. The maximum Gasteiger partial charge on any atom is 0.265 e. The van der Waals surface area contributed by atoms with E-state index in [1.165, 1.54) is 18.5 Å². The van der Waals surface area contributed by atoms with Gasteiger partial charge in [-0.1, -0.05) is 0 Å². The molecule has 1 atom stereocenters. The highest BCUT2D eigenvalue weighted by Gasteiger charge is 2.28. The van der Waals surface area contributed by atoms with Crippen LogP contribution in [0.1, 0.15) is 22.8 Å². The molecule has 0 spiro atoms. The van der Waals surface area contributed by atoms with Gasteiger partial charge in [0.1, 0.15) is 34.1 Å². The quantitative estimate of drug-likeness (QED) is 0.378. The Bertz CT molecular complexity index is 1550. The number of rotatable bonds is 5. The predicted molar refractivity (Wildman–Crippen MR) is 108 cm³/mol. The van der Waals surface area contributed by atoms with Gasteiger partial charge < -0.3 is 10.1 Å². The number of nitriles is 1. The van der Waals surface area contributed by atoms with E-state index in [1.54, 1.807) is 4.72 Å². The lowest BCUT2D eigenvalue weighted by Gasteiger charge is -2.16.